The molecule has 0 spiro atoms. The fourth-order valence-electron chi connectivity index (χ4n) is 5.98. The molecule has 6 nitrogen and oxygen atoms in total. The zero-order chi connectivity index (χ0) is 22.2. The Morgan fingerprint density at radius 3 is 2.64 bits per heavy atom. The minimum atomic E-state index is -0.267. The molecule has 3 aromatic rings. The number of benzene rings is 1. The third kappa shape index (κ3) is 4.26. The van der Waals surface area contributed by atoms with Crippen molar-refractivity contribution in [3.8, 4) is 22.5 Å². The normalized spacial score (nSPS) is 24.9. The predicted molar refractivity (Wildman–Crippen MR) is 125 cm³/mol. The maximum atomic E-state index is 13.6. The Morgan fingerprint density at radius 1 is 1.03 bits per heavy atom. The number of aromatic nitrogens is 3. The highest BCUT2D eigenvalue weighted by Crippen LogP contribution is 2.45. The van der Waals surface area contributed by atoms with Crippen LogP contribution in [-0.2, 0) is 6.54 Å². The standard InChI is InChI=1S/C26H30FN5O/c27-20-8-6-18(7-9-20)25-24(23(33-31-25)16-32-12-2-1-3-13-32)21-10-11-28-26(29-21)30-22-15-17-4-5-19(22)14-17/h6-11,17,19,22H,1-5,12-16H2,(H,28,29,30). The van der Waals surface area contributed by atoms with Gasteiger partial charge in [-0.1, -0.05) is 18.0 Å². The molecule has 0 radical (unpaired) electrons. The lowest BCUT2D eigenvalue weighted by Gasteiger charge is -2.25. The van der Waals surface area contributed by atoms with Crippen LogP contribution in [0.1, 0.15) is 50.7 Å². The minimum absolute atomic E-state index is 0.267. The first kappa shape index (κ1) is 20.8. The van der Waals surface area contributed by atoms with Gasteiger partial charge in [0.2, 0.25) is 5.95 Å². The maximum absolute atomic E-state index is 13.6. The van der Waals surface area contributed by atoms with E-state index in [9.17, 15) is 4.39 Å². The van der Waals surface area contributed by atoms with Crippen molar-refractivity contribution in [2.45, 2.75) is 57.5 Å². The highest BCUT2D eigenvalue weighted by Gasteiger charge is 2.39. The molecule has 7 heteroatoms. The first-order chi connectivity index (χ1) is 16.2. The molecule has 3 heterocycles. The van der Waals surface area contributed by atoms with Crippen LogP contribution in [-0.4, -0.2) is 39.2 Å². The largest absolute Gasteiger partial charge is 0.359 e. The van der Waals surface area contributed by atoms with Gasteiger partial charge in [0.25, 0.3) is 0 Å². The smallest absolute Gasteiger partial charge is 0.223 e. The summed E-state index contributed by atoms with van der Waals surface area (Å²) in [5.41, 5.74) is 3.20. The number of halogens is 1. The molecular weight excluding hydrogens is 417 g/mol. The van der Waals surface area contributed by atoms with Crippen LogP contribution in [0.4, 0.5) is 10.3 Å². The number of fused-ring (bicyclic) bond motifs is 2. The summed E-state index contributed by atoms with van der Waals surface area (Å²) in [4.78, 5) is 11.8. The van der Waals surface area contributed by atoms with Crippen LogP contribution in [0, 0.1) is 17.7 Å². The summed E-state index contributed by atoms with van der Waals surface area (Å²) in [7, 11) is 0. The summed E-state index contributed by atoms with van der Waals surface area (Å²) >= 11 is 0. The van der Waals surface area contributed by atoms with E-state index < -0.39 is 0 Å². The van der Waals surface area contributed by atoms with Crippen molar-refractivity contribution >= 4 is 5.95 Å². The molecule has 2 aromatic heterocycles. The average Bonchev–Trinajstić information content (AvgIpc) is 3.57. The minimum Gasteiger partial charge on any atom is -0.359 e. The van der Waals surface area contributed by atoms with Crippen molar-refractivity contribution in [2.75, 3.05) is 18.4 Å². The molecule has 1 aromatic carbocycles. The van der Waals surface area contributed by atoms with Gasteiger partial charge < -0.3 is 9.84 Å². The van der Waals surface area contributed by atoms with Gasteiger partial charge in [-0.2, -0.15) is 0 Å². The van der Waals surface area contributed by atoms with Gasteiger partial charge in [-0.25, -0.2) is 14.4 Å². The van der Waals surface area contributed by atoms with E-state index in [0.29, 0.717) is 24.2 Å². The average molecular weight is 448 g/mol. The number of piperidine rings is 1. The molecule has 2 bridgehead atoms. The van der Waals surface area contributed by atoms with Crippen LogP contribution in [0.3, 0.4) is 0 Å². The third-order valence-corrected chi connectivity index (χ3v) is 7.66. The molecular formula is C26H30FN5O. The number of hydrogen-bond donors (Lipinski definition) is 1. The van der Waals surface area contributed by atoms with Crippen LogP contribution in [0.15, 0.2) is 41.1 Å². The SMILES string of the molecule is Fc1ccc(-c2noc(CN3CCCCC3)c2-c2ccnc(NC3CC4CCC3C4)n2)cc1. The molecule has 1 saturated heterocycles. The van der Waals surface area contributed by atoms with E-state index in [2.05, 4.69) is 20.4 Å². The zero-order valence-electron chi connectivity index (χ0n) is 18.8. The van der Waals surface area contributed by atoms with Crippen molar-refractivity contribution in [1.29, 1.82) is 0 Å². The van der Waals surface area contributed by atoms with Crippen molar-refractivity contribution in [3.63, 3.8) is 0 Å². The van der Waals surface area contributed by atoms with Gasteiger partial charge in [-0.15, -0.1) is 0 Å². The van der Waals surface area contributed by atoms with Gasteiger partial charge >= 0.3 is 0 Å². The molecule has 3 aliphatic rings. The Morgan fingerprint density at radius 2 is 1.88 bits per heavy atom. The maximum Gasteiger partial charge on any atom is 0.223 e. The van der Waals surface area contributed by atoms with Crippen molar-refractivity contribution in [2.24, 2.45) is 11.8 Å². The Kier molecular flexibility index (Phi) is 5.58. The van der Waals surface area contributed by atoms with Gasteiger partial charge in [0, 0.05) is 17.8 Å². The van der Waals surface area contributed by atoms with E-state index in [1.807, 2.05) is 12.3 Å². The van der Waals surface area contributed by atoms with E-state index in [1.54, 1.807) is 12.1 Å². The van der Waals surface area contributed by atoms with Gasteiger partial charge in [0.1, 0.15) is 11.5 Å². The fraction of sp³-hybridized carbons (Fsp3) is 0.500. The summed E-state index contributed by atoms with van der Waals surface area (Å²) < 4.78 is 19.5. The van der Waals surface area contributed by atoms with Crippen LogP contribution in [0.5, 0.6) is 0 Å². The topological polar surface area (TPSA) is 67.1 Å². The van der Waals surface area contributed by atoms with Crippen molar-refractivity contribution < 1.29 is 8.91 Å². The highest BCUT2D eigenvalue weighted by molar-refractivity contribution is 5.80. The second-order valence-corrected chi connectivity index (χ2v) is 9.86. The van der Waals surface area contributed by atoms with Crippen molar-refractivity contribution in [1.82, 2.24) is 20.0 Å². The number of nitrogens with one attached hydrogen (secondary N) is 1. The number of rotatable bonds is 6. The monoisotopic (exact) mass is 447 g/mol. The van der Waals surface area contributed by atoms with Crippen LogP contribution >= 0.6 is 0 Å². The summed E-state index contributed by atoms with van der Waals surface area (Å²) in [5, 5.41) is 8.03. The quantitative estimate of drug-likeness (QED) is 0.536. The lowest BCUT2D eigenvalue weighted by molar-refractivity contribution is 0.197. The number of nitrogens with zero attached hydrogens (tertiary/aromatic N) is 4. The van der Waals surface area contributed by atoms with Gasteiger partial charge in [-0.05, 0) is 87.4 Å². The van der Waals surface area contributed by atoms with Gasteiger partial charge in [0.05, 0.1) is 17.8 Å². The molecule has 1 N–H and O–H groups in total. The molecule has 1 aliphatic heterocycles. The van der Waals surface area contributed by atoms with E-state index in [-0.39, 0.29) is 5.82 Å². The second-order valence-electron chi connectivity index (χ2n) is 9.86. The lowest BCUT2D eigenvalue weighted by Crippen LogP contribution is -2.29. The Hall–Kier alpha value is -2.80. The van der Waals surface area contributed by atoms with Crippen LogP contribution in [0.25, 0.3) is 22.5 Å². The zero-order valence-corrected chi connectivity index (χ0v) is 18.8. The molecule has 0 amide bonds. The first-order valence-corrected chi connectivity index (χ1v) is 12.3. The number of likely N-dealkylation sites (tertiary alicyclic amines) is 1. The number of anilines is 1. The van der Waals surface area contributed by atoms with Crippen LogP contribution in [0.2, 0.25) is 0 Å². The van der Waals surface area contributed by atoms with Crippen LogP contribution < -0.4 is 5.32 Å². The van der Waals surface area contributed by atoms with E-state index in [1.165, 1.54) is 57.1 Å². The summed E-state index contributed by atoms with van der Waals surface area (Å²) in [6, 6.07) is 8.80. The molecule has 2 saturated carbocycles. The number of hydrogen-bond acceptors (Lipinski definition) is 6. The Bertz CT molecular complexity index is 1110. The third-order valence-electron chi connectivity index (χ3n) is 7.66. The molecule has 3 fully saturated rings. The second kappa shape index (κ2) is 8.86. The Labute approximate surface area is 193 Å². The van der Waals surface area contributed by atoms with E-state index >= 15 is 0 Å². The predicted octanol–water partition coefficient (Wildman–Crippen LogP) is 5.52. The molecule has 3 atom stereocenters. The van der Waals surface area contributed by atoms with E-state index in [0.717, 1.165) is 47.5 Å². The summed E-state index contributed by atoms with van der Waals surface area (Å²) in [6.07, 6.45) is 10.7. The fourth-order valence-corrected chi connectivity index (χ4v) is 5.98. The highest BCUT2D eigenvalue weighted by atomic mass is 19.1. The van der Waals surface area contributed by atoms with Gasteiger partial charge in [-0.3, -0.25) is 4.90 Å². The lowest BCUT2D eigenvalue weighted by atomic mass is 9.95. The summed E-state index contributed by atoms with van der Waals surface area (Å²) in [5.74, 6) is 2.80. The van der Waals surface area contributed by atoms with E-state index in [4.69, 9.17) is 9.51 Å². The summed E-state index contributed by atoms with van der Waals surface area (Å²) in [6.45, 7) is 2.82. The Balaban J connectivity index is 1.34. The molecule has 33 heavy (non-hydrogen) atoms. The molecule has 2 aliphatic carbocycles. The first-order valence-electron chi connectivity index (χ1n) is 12.3. The molecule has 3 unspecified atom stereocenters. The molecule has 172 valence electrons. The van der Waals surface area contributed by atoms with Gasteiger partial charge in [0.15, 0.2) is 5.76 Å². The van der Waals surface area contributed by atoms with Crippen molar-refractivity contribution in [3.05, 3.63) is 48.1 Å². The molecule has 6 rings (SSSR count).